The van der Waals surface area contributed by atoms with Crippen LogP contribution < -0.4 is 0 Å². The van der Waals surface area contributed by atoms with Crippen molar-refractivity contribution in [1.82, 2.24) is 0 Å². The largest absolute Gasteiger partial charge is 0.396 e. The van der Waals surface area contributed by atoms with Crippen LogP contribution in [0.25, 0.3) is 0 Å². The van der Waals surface area contributed by atoms with Crippen molar-refractivity contribution in [2.75, 3.05) is 6.61 Å². The lowest BCUT2D eigenvalue weighted by Crippen LogP contribution is -2.10. The van der Waals surface area contributed by atoms with E-state index in [0.29, 0.717) is 18.3 Å². The van der Waals surface area contributed by atoms with E-state index in [0.717, 1.165) is 6.42 Å². The predicted octanol–water partition coefficient (Wildman–Crippen LogP) is 1.23. The fourth-order valence-electron chi connectivity index (χ4n) is 1.69. The Morgan fingerprint density at radius 2 is 2.27 bits per heavy atom. The number of carbonyl (C=O) groups is 1. The fourth-order valence-corrected chi connectivity index (χ4v) is 1.69. The Labute approximate surface area is 67.6 Å². The van der Waals surface area contributed by atoms with Crippen LogP contribution in [0.4, 0.5) is 0 Å². The first-order chi connectivity index (χ1) is 5.15. The van der Waals surface area contributed by atoms with Crippen LogP contribution in [-0.2, 0) is 4.79 Å². The summed E-state index contributed by atoms with van der Waals surface area (Å²) in [6, 6.07) is 0. The second kappa shape index (κ2) is 3.35. The average molecular weight is 156 g/mol. The molecule has 0 heterocycles. The van der Waals surface area contributed by atoms with Crippen LogP contribution in [-0.4, -0.2) is 17.5 Å². The molecule has 0 aromatic heterocycles. The van der Waals surface area contributed by atoms with Gasteiger partial charge in [0.2, 0.25) is 0 Å². The Bertz CT molecular complexity index is 152. The molecule has 0 saturated heterocycles. The minimum Gasteiger partial charge on any atom is -0.396 e. The van der Waals surface area contributed by atoms with Crippen LogP contribution in [0.15, 0.2) is 0 Å². The monoisotopic (exact) mass is 156 g/mol. The molecule has 1 aliphatic rings. The summed E-state index contributed by atoms with van der Waals surface area (Å²) in [6.07, 6.45) is 1.58. The molecule has 0 spiro atoms. The highest BCUT2D eigenvalue weighted by Gasteiger charge is 2.33. The van der Waals surface area contributed by atoms with Crippen molar-refractivity contribution in [2.45, 2.75) is 26.7 Å². The molecule has 1 N–H and O–H groups in total. The molecule has 0 amide bonds. The second-order valence-electron chi connectivity index (χ2n) is 3.79. The van der Waals surface area contributed by atoms with E-state index < -0.39 is 0 Å². The second-order valence-corrected chi connectivity index (χ2v) is 3.79. The van der Waals surface area contributed by atoms with Gasteiger partial charge in [0.25, 0.3) is 0 Å². The summed E-state index contributed by atoms with van der Waals surface area (Å²) in [5.41, 5.74) is 0. The summed E-state index contributed by atoms with van der Waals surface area (Å²) in [7, 11) is 0. The lowest BCUT2D eigenvalue weighted by atomic mass is 9.93. The summed E-state index contributed by atoms with van der Waals surface area (Å²) in [5.74, 6) is 1.30. The van der Waals surface area contributed by atoms with Gasteiger partial charge < -0.3 is 5.11 Å². The van der Waals surface area contributed by atoms with Crippen molar-refractivity contribution in [2.24, 2.45) is 17.8 Å². The number of hydrogen-bond acceptors (Lipinski definition) is 2. The molecule has 1 fully saturated rings. The lowest BCUT2D eigenvalue weighted by molar-refractivity contribution is -0.121. The van der Waals surface area contributed by atoms with Crippen molar-refractivity contribution < 1.29 is 9.90 Å². The zero-order valence-corrected chi connectivity index (χ0v) is 7.21. The van der Waals surface area contributed by atoms with Crippen molar-refractivity contribution in [3.8, 4) is 0 Å². The third-order valence-electron chi connectivity index (χ3n) is 2.67. The predicted molar refractivity (Wildman–Crippen MR) is 43.1 cm³/mol. The quantitative estimate of drug-likeness (QED) is 0.653. The smallest absolute Gasteiger partial charge is 0.138 e. The van der Waals surface area contributed by atoms with Crippen LogP contribution in [0.1, 0.15) is 26.7 Å². The van der Waals surface area contributed by atoms with E-state index in [9.17, 15) is 4.79 Å². The number of aliphatic hydroxyl groups excluding tert-OH is 1. The van der Waals surface area contributed by atoms with Crippen molar-refractivity contribution >= 4 is 5.78 Å². The van der Waals surface area contributed by atoms with Crippen LogP contribution in [0.5, 0.6) is 0 Å². The van der Waals surface area contributed by atoms with E-state index in [1.54, 1.807) is 0 Å². The summed E-state index contributed by atoms with van der Waals surface area (Å²) in [4.78, 5) is 11.2. The normalized spacial score (nSPS) is 31.8. The molecule has 0 bridgehead atoms. The molecule has 0 aliphatic heterocycles. The molecule has 11 heavy (non-hydrogen) atoms. The maximum absolute atomic E-state index is 11.2. The molecule has 0 aromatic rings. The third kappa shape index (κ3) is 1.80. The van der Waals surface area contributed by atoms with Crippen molar-refractivity contribution in [3.05, 3.63) is 0 Å². The average Bonchev–Trinajstić information content (AvgIpc) is 2.31. The van der Waals surface area contributed by atoms with Crippen LogP contribution in [0.2, 0.25) is 0 Å². The molecule has 2 atom stereocenters. The molecule has 1 aliphatic carbocycles. The van der Waals surface area contributed by atoms with Gasteiger partial charge in [-0.1, -0.05) is 13.8 Å². The van der Waals surface area contributed by atoms with Gasteiger partial charge in [0.15, 0.2) is 0 Å². The molecular formula is C9H16O2. The maximum atomic E-state index is 11.2. The summed E-state index contributed by atoms with van der Waals surface area (Å²) < 4.78 is 0. The summed E-state index contributed by atoms with van der Waals surface area (Å²) in [5, 5.41) is 8.82. The summed E-state index contributed by atoms with van der Waals surface area (Å²) in [6.45, 7) is 4.32. The van der Waals surface area contributed by atoms with Gasteiger partial charge in [0.1, 0.15) is 5.78 Å². The van der Waals surface area contributed by atoms with Crippen LogP contribution in [0.3, 0.4) is 0 Å². The molecule has 1 rings (SSSR count). The van der Waals surface area contributed by atoms with E-state index in [-0.39, 0.29) is 18.3 Å². The van der Waals surface area contributed by atoms with Gasteiger partial charge in [-0.2, -0.15) is 0 Å². The fraction of sp³-hybridized carbons (Fsp3) is 0.889. The van der Waals surface area contributed by atoms with Crippen LogP contribution >= 0.6 is 0 Å². The van der Waals surface area contributed by atoms with Gasteiger partial charge in [-0.05, 0) is 18.3 Å². The zero-order chi connectivity index (χ0) is 8.43. The van der Waals surface area contributed by atoms with E-state index in [2.05, 4.69) is 13.8 Å². The highest BCUT2D eigenvalue weighted by Crippen LogP contribution is 2.32. The van der Waals surface area contributed by atoms with E-state index in [4.69, 9.17) is 5.11 Å². The molecule has 1 saturated carbocycles. The SMILES string of the molecule is CC(C)C1CC(=O)C(CO)C1. The van der Waals surface area contributed by atoms with Crippen molar-refractivity contribution in [3.63, 3.8) is 0 Å². The highest BCUT2D eigenvalue weighted by molar-refractivity contribution is 5.83. The molecule has 2 unspecified atom stereocenters. The summed E-state index contributed by atoms with van der Waals surface area (Å²) >= 11 is 0. The van der Waals surface area contributed by atoms with Gasteiger partial charge in [-0.3, -0.25) is 4.79 Å². The Hall–Kier alpha value is -0.370. The standard InChI is InChI=1S/C9H16O2/c1-6(2)7-3-8(5-10)9(11)4-7/h6-8,10H,3-5H2,1-2H3. The molecule has 64 valence electrons. The highest BCUT2D eigenvalue weighted by atomic mass is 16.3. The Balaban J connectivity index is 2.49. The number of aliphatic hydroxyl groups is 1. The molecule has 0 radical (unpaired) electrons. The van der Waals surface area contributed by atoms with Gasteiger partial charge in [0.05, 0.1) is 6.61 Å². The number of hydrogen-bond donors (Lipinski definition) is 1. The molecule has 2 heteroatoms. The van der Waals surface area contributed by atoms with Crippen LogP contribution in [0, 0.1) is 17.8 Å². The minimum absolute atomic E-state index is 0.0437. The van der Waals surface area contributed by atoms with Gasteiger partial charge >= 0.3 is 0 Å². The first-order valence-corrected chi connectivity index (χ1v) is 4.28. The lowest BCUT2D eigenvalue weighted by Gasteiger charge is -2.11. The molecule has 0 aromatic carbocycles. The van der Waals surface area contributed by atoms with Gasteiger partial charge in [0, 0.05) is 12.3 Å². The molecule has 2 nitrogen and oxygen atoms in total. The van der Waals surface area contributed by atoms with E-state index in [1.807, 2.05) is 0 Å². The third-order valence-corrected chi connectivity index (χ3v) is 2.67. The van der Waals surface area contributed by atoms with Gasteiger partial charge in [-0.15, -0.1) is 0 Å². The van der Waals surface area contributed by atoms with Crippen molar-refractivity contribution in [1.29, 1.82) is 0 Å². The number of Topliss-reactive ketones (excluding diaryl/α,β-unsaturated/α-hetero) is 1. The topological polar surface area (TPSA) is 37.3 Å². The van der Waals surface area contributed by atoms with E-state index in [1.165, 1.54) is 0 Å². The van der Waals surface area contributed by atoms with E-state index >= 15 is 0 Å². The van der Waals surface area contributed by atoms with Gasteiger partial charge in [-0.25, -0.2) is 0 Å². The number of rotatable bonds is 2. The molecular weight excluding hydrogens is 140 g/mol. The number of carbonyl (C=O) groups excluding carboxylic acids is 1. The maximum Gasteiger partial charge on any atom is 0.138 e. The Morgan fingerprint density at radius 1 is 1.64 bits per heavy atom. The first-order valence-electron chi connectivity index (χ1n) is 4.28. The Morgan fingerprint density at radius 3 is 2.55 bits per heavy atom. The Kier molecular flexibility index (Phi) is 2.66. The minimum atomic E-state index is -0.0533. The number of ketones is 1. The first kappa shape index (κ1) is 8.72. The zero-order valence-electron chi connectivity index (χ0n) is 7.21.